The van der Waals surface area contributed by atoms with E-state index in [1.807, 2.05) is 0 Å². The van der Waals surface area contributed by atoms with Crippen LogP contribution < -0.4 is 5.32 Å². The zero-order valence-corrected chi connectivity index (χ0v) is 15.5. The molecule has 0 spiro atoms. The molecule has 0 radical (unpaired) electrons. The molecule has 5 nitrogen and oxygen atoms in total. The number of anilines is 1. The Labute approximate surface area is 155 Å². The van der Waals surface area contributed by atoms with Crippen LogP contribution in [0.5, 0.6) is 0 Å². The van der Waals surface area contributed by atoms with Gasteiger partial charge in [0, 0.05) is 17.1 Å². The van der Waals surface area contributed by atoms with Crippen LogP contribution in [0.15, 0.2) is 47.4 Å². The molecule has 2 aromatic rings. The van der Waals surface area contributed by atoms with Gasteiger partial charge in [-0.1, -0.05) is 34.8 Å². The first kappa shape index (κ1) is 19.0. The molecule has 2 aromatic carbocycles. The molecule has 0 bridgehead atoms. The van der Waals surface area contributed by atoms with E-state index in [-0.39, 0.29) is 16.5 Å². The van der Waals surface area contributed by atoms with E-state index in [4.69, 9.17) is 34.8 Å². The molecule has 1 N–H and O–H groups in total. The SMILES string of the molecule is CN(CC(=O)Nc1ccc(Cl)cc1Cl)S(=O)(=O)c1ccc(Cl)cc1. The fourth-order valence-electron chi connectivity index (χ4n) is 1.85. The maximum atomic E-state index is 12.4. The zero-order valence-electron chi connectivity index (χ0n) is 12.5. The van der Waals surface area contributed by atoms with Gasteiger partial charge in [0.05, 0.1) is 22.2 Å². The van der Waals surface area contributed by atoms with Crippen molar-refractivity contribution >= 4 is 56.4 Å². The molecule has 2 rings (SSSR count). The molecule has 1 amide bonds. The predicted octanol–water partition coefficient (Wildman–Crippen LogP) is 3.91. The Hall–Kier alpha value is -1.31. The number of hydrogen-bond acceptors (Lipinski definition) is 3. The van der Waals surface area contributed by atoms with Gasteiger partial charge < -0.3 is 5.32 Å². The van der Waals surface area contributed by atoms with E-state index in [0.717, 1.165) is 4.31 Å². The van der Waals surface area contributed by atoms with Crippen LogP contribution in [0.4, 0.5) is 5.69 Å². The number of amides is 1. The maximum Gasteiger partial charge on any atom is 0.243 e. The van der Waals surface area contributed by atoms with Gasteiger partial charge in [0.2, 0.25) is 15.9 Å². The summed E-state index contributed by atoms with van der Waals surface area (Å²) >= 11 is 17.5. The molecule has 0 aliphatic rings. The van der Waals surface area contributed by atoms with Crippen molar-refractivity contribution in [2.75, 3.05) is 18.9 Å². The van der Waals surface area contributed by atoms with Crippen LogP contribution in [-0.2, 0) is 14.8 Å². The van der Waals surface area contributed by atoms with Crippen LogP contribution >= 0.6 is 34.8 Å². The average Bonchev–Trinajstić information content (AvgIpc) is 2.50. The molecule has 128 valence electrons. The minimum Gasteiger partial charge on any atom is -0.324 e. The number of nitrogens with one attached hydrogen (secondary N) is 1. The molecule has 0 saturated heterocycles. The van der Waals surface area contributed by atoms with E-state index in [1.165, 1.54) is 43.4 Å². The van der Waals surface area contributed by atoms with Crippen molar-refractivity contribution < 1.29 is 13.2 Å². The summed E-state index contributed by atoms with van der Waals surface area (Å²) in [5, 5.41) is 3.66. The summed E-state index contributed by atoms with van der Waals surface area (Å²) in [5.74, 6) is -0.528. The number of hydrogen-bond donors (Lipinski definition) is 1. The van der Waals surface area contributed by atoms with Crippen LogP contribution in [0, 0.1) is 0 Å². The zero-order chi connectivity index (χ0) is 17.9. The summed E-state index contributed by atoms with van der Waals surface area (Å²) in [7, 11) is -2.49. The highest BCUT2D eigenvalue weighted by molar-refractivity contribution is 7.89. The van der Waals surface area contributed by atoms with Gasteiger partial charge in [0.15, 0.2) is 0 Å². The van der Waals surface area contributed by atoms with Crippen molar-refractivity contribution in [3.8, 4) is 0 Å². The molecule has 0 aromatic heterocycles. The largest absolute Gasteiger partial charge is 0.324 e. The van der Waals surface area contributed by atoms with Crippen molar-refractivity contribution in [2.24, 2.45) is 0 Å². The second-order valence-electron chi connectivity index (χ2n) is 4.89. The average molecular weight is 408 g/mol. The maximum absolute atomic E-state index is 12.4. The van der Waals surface area contributed by atoms with Gasteiger partial charge in [0.1, 0.15) is 0 Å². The second-order valence-corrected chi connectivity index (χ2v) is 8.21. The fraction of sp³-hybridized carbons (Fsp3) is 0.133. The number of carbonyl (C=O) groups excluding carboxylic acids is 1. The van der Waals surface area contributed by atoms with Crippen LogP contribution in [0.2, 0.25) is 15.1 Å². The molecular weight excluding hydrogens is 395 g/mol. The van der Waals surface area contributed by atoms with Crippen molar-refractivity contribution in [2.45, 2.75) is 4.90 Å². The summed E-state index contributed by atoms with van der Waals surface area (Å²) in [6.45, 7) is -0.371. The van der Waals surface area contributed by atoms with Gasteiger partial charge in [-0.2, -0.15) is 4.31 Å². The molecule has 9 heteroatoms. The van der Waals surface area contributed by atoms with Crippen LogP contribution in [0.1, 0.15) is 0 Å². The molecule has 0 aliphatic heterocycles. The highest BCUT2D eigenvalue weighted by atomic mass is 35.5. The molecule has 0 heterocycles. The number of sulfonamides is 1. The Morgan fingerprint density at radius 3 is 2.21 bits per heavy atom. The lowest BCUT2D eigenvalue weighted by molar-refractivity contribution is -0.116. The first-order valence-electron chi connectivity index (χ1n) is 6.67. The lowest BCUT2D eigenvalue weighted by Crippen LogP contribution is -2.35. The molecule has 24 heavy (non-hydrogen) atoms. The fourth-order valence-corrected chi connectivity index (χ4v) is 3.56. The standard InChI is InChI=1S/C15H13Cl3N2O3S/c1-20(24(22,23)12-5-2-10(16)3-6-12)9-15(21)19-14-7-4-11(17)8-13(14)18/h2-8H,9H2,1H3,(H,19,21). The van der Waals surface area contributed by atoms with E-state index in [9.17, 15) is 13.2 Å². The van der Waals surface area contributed by atoms with Gasteiger partial charge in [-0.25, -0.2) is 8.42 Å². The molecule has 0 unspecified atom stereocenters. The van der Waals surface area contributed by atoms with Crippen molar-refractivity contribution in [1.82, 2.24) is 4.31 Å². The Bertz CT molecular complexity index is 855. The number of halogens is 3. The minimum atomic E-state index is -3.80. The molecular formula is C15H13Cl3N2O3S. The van der Waals surface area contributed by atoms with Crippen LogP contribution in [0.25, 0.3) is 0 Å². The number of carbonyl (C=O) groups is 1. The number of likely N-dealkylation sites (N-methyl/N-ethyl adjacent to an activating group) is 1. The molecule has 0 atom stereocenters. The smallest absolute Gasteiger partial charge is 0.243 e. The van der Waals surface area contributed by atoms with Crippen molar-refractivity contribution in [3.05, 3.63) is 57.5 Å². The Kier molecular flexibility index (Phi) is 6.11. The third-order valence-electron chi connectivity index (χ3n) is 3.09. The lowest BCUT2D eigenvalue weighted by atomic mass is 10.3. The molecule has 0 saturated carbocycles. The van der Waals surface area contributed by atoms with Crippen LogP contribution in [0.3, 0.4) is 0 Å². The predicted molar refractivity (Wildman–Crippen MR) is 96.4 cm³/mol. The quantitative estimate of drug-likeness (QED) is 0.817. The van der Waals surface area contributed by atoms with Gasteiger partial charge in [0.25, 0.3) is 0 Å². The monoisotopic (exact) mass is 406 g/mol. The molecule has 0 aliphatic carbocycles. The van der Waals surface area contributed by atoms with Gasteiger partial charge in [-0.15, -0.1) is 0 Å². The second kappa shape index (κ2) is 7.72. The van der Waals surface area contributed by atoms with E-state index < -0.39 is 15.9 Å². The minimum absolute atomic E-state index is 0.0479. The van der Waals surface area contributed by atoms with Crippen LogP contribution in [-0.4, -0.2) is 32.2 Å². The van der Waals surface area contributed by atoms with E-state index in [2.05, 4.69) is 5.32 Å². The number of benzene rings is 2. The van der Waals surface area contributed by atoms with E-state index >= 15 is 0 Å². The highest BCUT2D eigenvalue weighted by Gasteiger charge is 2.23. The third kappa shape index (κ3) is 4.62. The highest BCUT2D eigenvalue weighted by Crippen LogP contribution is 2.25. The van der Waals surface area contributed by atoms with Gasteiger partial charge in [-0.3, -0.25) is 4.79 Å². The summed E-state index contributed by atoms with van der Waals surface area (Å²) < 4.78 is 25.7. The van der Waals surface area contributed by atoms with Crippen molar-refractivity contribution in [3.63, 3.8) is 0 Å². The number of nitrogens with zero attached hydrogens (tertiary/aromatic N) is 1. The summed E-state index contributed by atoms with van der Waals surface area (Å²) in [6.07, 6.45) is 0. The number of rotatable bonds is 5. The summed E-state index contributed by atoms with van der Waals surface area (Å²) in [6, 6.07) is 10.3. The topological polar surface area (TPSA) is 66.5 Å². The Morgan fingerprint density at radius 2 is 1.62 bits per heavy atom. The van der Waals surface area contributed by atoms with E-state index in [1.54, 1.807) is 6.07 Å². The lowest BCUT2D eigenvalue weighted by Gasteiger charge is -2.17. The summed E-state index contributed by atoms with van der Waals surface area (Å²) in [5.41, 5.74) is 0.350. The van der Waals surface area contributed by atoms with E-state index in [0.29, 0.717) is 15.7 Å². The van der Waals surface area contributed by atoms with Gasteiger partial charge >= 0.3 is 0 Å². The molecule has 0 fully saturated rings. The van der Waals surface area contributed by atoms with Gasteiger partial charge in [-0.05, 0) is 42.5 Å². The van der Waals surface area contributed by atoms with Crippen molar-refractivity contribution in [1.29, 1.82) is 0 Å². The Morgan fingerprint density at radius 1 is 1.04 bits per heavy atom. The third-order valence-corrected chi connectivity index (χ3v) is 5.71. The first-order chi connectivity index (χ1) is 11.2. The normalized spacial score (nSPS) is 11.5. The Balaban J connectivity index is 2.09. The first-order valence-corrected chi connectivity index (χ1v) is 9.24. The summed E-state index contributed by atoms with van der Waals surface area (Å²) in [4.78, 5) is 12.1.